The van der Waals surface area contributed by atoms with Crippen LogP contribution in [0.25, 0.3) is 0 Å². The average molecular weight is 345 g/mol. The normalized spacial score (nSPS) is 23.4. The molecule has 1 unspecified atom stereocenters. The van der Waals surface area contributed by atoms with Crippen LogP contribution in [0.2, 0.25) is 5.02 Å². The summed E-state index contributed by atoms with van der Waals surface area (Å²) in [5, 5.41) is 0.431. The smallest absolute Gasteiger partial charge is 0.207 e. The van der Waals surface area contributed by atoms with Gasteiger partial charge >= 0.3 is 0 Å². The van der Waals surface area contributed by atoms with Gasteiger partial charge in [0.2, 0.25) is 10.0 Å². The highest BCUT2D eigenvalue weighted by molar-refractivity contribution is 9.11. The van der Waals surface area contributed by atoms with Gasteiger partial charge < -0.3 is 0 Å². The first kappa shape index (κ1) is 12.8. The molecule has 0 radical (unpaired) electrons. The van der Waals surface area contributed by atoms with Gasteiger partial charge in [-0.2, -0.15) is 0 Å². The first-order valence-electron chi connectivity index (χ1n) is 4.69. The van der Waals surface area contributed by atoms with E-state index in [1.165, 1.54) is 6.07 Å². The number of sulfonamides is 1. The van der Waals surface area contributed by atoms with Crippen molar-refractivity contribution in [1.29, 1.82) is 0 Å². The third-order valence-corrected chi connectivity index (χ3v) is 7.12. The molecule has 1 fully saturated rings. The molecule has 0 spiro atoms. The highest BCUT2D eigenvalue weighted by Gasteiger charge is 2.48. The molecule has 1 N–H and O–H groups in total. The summed E-state index contributed by atoms with van der Waals surface area (Å²) in [6.07, 6.45) is 0.881. The summed E-state index contributed by atoms with van der Waals surface area (Å²) in [5.74, 6) is 0. The number of halogens is 2. The summed E-state index contributed by atoms with van der Waals surface area (Å²) in [7, 11) is -3.42. The van der Waals surface area contributed by atoms with Crippen LogP contribution in [0.15, 0.2) is 14.1 Å². The van der Waals surface area contributed by atoms with Gasteiger partial charge in [-0.25, -0.2) is 13.1 Å². The first-order valence-corrected chi connectivity index (χ1v) is 8.16. The van der Waals surface area contributed by atoms with Gasteiger partial charge in [0.15, 0.2) is 0 Å². The van der Waals surface area contributed by atoms with Crippen LogP contribution in [0.5, 0.6) is 0 Å². The molecule has 7 heteroatoms. The zero-order valence-electron chi connectivity index (χ0n) is 8.75. The maximum Gasteiger partial charge on any atom is 0.250 e. The number of hydrogen-bond donors (Lipinski definition) is 1. The highest BCUT2D eigenvalue weighted by atomic mass is 79.9. The van der Waals surface area contributed by atoms with Gasteiger partial charge in [-0.1, -0.05) is 25.4 Å². The second-order valence-corrected chi connectivity index (χ2v) is 9.27. The van der Waals surface area contributed by atoms with Gasteiger partial charge in [-0.05, 0) is 33.8 Å². The Morgan fingerprint density at radius 1 is 1.62 bits per heavy atom. The minimum absolute atomic E-state index is 0.0390. The number of hydrogen-bond acceptors (Lipinski definition) is 3. The summed E-state index contributed by atoms with van der Waals surface area (Å²) < 4.78 is 27.5. The SMILES string of the molecule is CC1(C)CC1NS(=O)(=O)c1cc(Cl)c(Br)s1. The molecular weight excluding hydrogens is 334 g/mol. The molecule has 90 valence electrons. The summed E-state index contributed by atoms with van der Waals surface area (Å²) in [4.78, 5) is 0. The van der Waals surface area contributed by atoms with Gasteiger partial charge in [0, 0.05) is 6.04 Å². The van der Waals surface area contributed by atoms with Gasteiger partial charge in [-0.3, -0.25) is 0 Å². The number of rotatable bonds is 3. The summed E-state index contributed by atoms with van der Waals surface area (Å²) in [6.45, 7) is 4.08. The number of thiophene rings is 1. The van der Waals surface area contributed by atoms with Crippen molar-refractivity contribution < 1.29 is 8.42 Å². The van der Waals surface area contributed by atoms with Crippen molar-refractivity contribution in [3.63, 3.8) is 0 Å². The van der Waals surface area contributed by atoms with E-state index in [-0.39, 0.29) is 15.7 Å². The highest BCUT2D eigenvalue weighted by Crippen LogP contribution is 2.45. The van der Waals surface area contributed by atoms with Crippen molar-refractivity contribution in [3.8, 4) is 0 Å². The van der Waals surface area contributed by atoms with Gasteiger partial charge in [0.05, 0.1) is 8.81 Å². The van der Waals surface area contributed by atoms with Crippen LogP contribution in [-0.4, -0.2) is 14.5 Å². The zero-order valence-corrected chi connectivity index (χ0v) is 12.7. The second kappa shape index (κ2) is 3.95. The Labute approximate surface area is 112 Å². The number of nitrogens with one attached hydrogen (secondary N) is 1. The first-order chi connectivity index (χ1) is 7.22. The zero-order chi connectivity index (χ0) is 12.1. The minimum atomic E-state index is -3.42. The van der Waals surface area contributed by atoms with E-state index in [1.807, 2.05) is 13.8 Å². The fraction of sp³-hybridized carbons (Fsp3) is 0.556. The largest absolute Gasteiger partial charge is 0.250 e. The Balaban J connectivity index is 2.20. The predicted octanol–water partition coefficient (Wildman–Crippen LogP) is 3.24. The average Bonchev–Trinajstić information content (AvgIpc) is 2.52. The lowest BCUT2D eigenvalue weighted by Crippen LogP contribution is -2.27. The van der Waals surface area contributed by atoms with Crippen LogP contribution < -0.4 is 4.72 Å². The molecule has 2 rings (SSSR count). The van der Waals surface area contributed by atoms with Crippen LogP contribution in [-0.2, 0) is 10.0 Å². The molecule has 0 bridgehead atoms. The molecule has 1 aliphatic rings. The lowest BCUT2D eigenvalue weighted by Gasteiger charge is -2.05. The van der Waals surface area contributed by atoms with E-state index in [2.05, 4.69) is 20.7 Å². The predicted molar refractivity (Wildman–Crippen MR) is 69.5 cm³/mol. The van der Waals surface area contributed by atoms with E-state index >= 15 is 0 Å². The summed E-state index contributed by atoms with van der Waals surface area (Å²) in [5.41, 5.74) is 0.0748. The fourth-order valence-electron chi connectivity index (χ4n) is 1.37. The Morgan fingerprint density at radius 2 is 2.19 bits per heavy atom. The van der Waals surface area contributed by atoms with Crippen molar-refractivity contribution in [2.24, 2.45) is 5.41 Å². The van der Waals surface area contributed by atoms with E-state index in [4.69, 9.17) is 11.6 Å². The second-order valence-electron chi connectivity index (χ2n) is 4.55. The lowest BCUT2D eigenvalue weighted by molar-refractivity contribution is 0.556. The quantitative estimate of drug-likeness (QED) is 0.915. The molecular formula is C9H11BrClNO2S2. The van der Waals surface area contributed by atoms with Crippen molar-refractivity contribution in [3.05, 3.63) is 14.9 Å². The Bertz CT molecular complexity index is 504. The summed E-state index contributed by atoms with van der Waals surface area (Å²) in [6, 6.07) is 1.51. The molecule has 0 amide bonds. The monoisotopic (exact) mass is 343 g/mol. The van der Waals surface area contributed by atoms with Crippen LogP contribution in [0.3, 0.4) is 0 Å². The van der Waals surface area contributed by atoms with Crippen LogP contribution >= 0.6 is 38.9 Å². The van der Waals surface area contributed by atoms with E-state index in [1.54, 1.807) is 0 Å². The van der Waals surface area contributed by atoms with Gasteiger partial charge in [0.25, 0.3) is 0 Å². The molecule has 0 aliphatic heterocycles. The third-order valence-electron chi connectivity index (χ3n) is 2.70. The Kier molecular flexibility index (Phi) is 3.17. The lowest BCUT2D eigenvalue weighted by atomic mass is 10.2. The van der Waals surface area contributed by atoms with E-state index in [0.717, 1.165) is 17.8 Å². The van der Waals surface area contributed by atoms with Crippen molar-refractivity contribution >= 4 is 48.9 Å². The van der Waals surface area contributed by atoms with E-state index in [9.17, 15) is 8.42 Å². The molecule has 0 saturated heterocycles. The fourth-order valence-corrected chi connectivity index (χ4v) is 5.20. The van der Waals surface area contributed by atoms with Crippen LogP contribution in [0.1, 0.15) is 20.3 Å². The van der Waals surface area contributed by atoms with Crippen molar-refractivity contribution in [2.75, 3.05) is 0 Å². The van der Waals surface area contributed by atoms with Gasteiger partial charge in [-0.15, -0.1) is 11.3 Å². The molecule has 1 saturated carbocycles. The standard InChI is InChI=1S/C9H11BrClNO2S2/c1-9(2)4-6(9)12-16(13,14)7-3-5(11)8(10)15-7/h3,6,12H,4H2,1-2H3. The summed E-state index contributed by atoms with van der Waals surface area (Å²) >= 11 is 10.1. The molecule has 1 aromatic rings. The van der Waals surface area contributed by atoms with Crippen LogP contribution in [0.4, 0.5) is 0 Å². The Hall–Kier alpha value is 0.380. The third kappa shape index (κ3) is 2.46. The molecule has 16 heavy (non-hydrogen) atoms. The maximum absolute atomic E-state index is 12.0. The molecule has 1 heterocycles. The van der Waals surface area contributed by atoms with Crippen LogP contribution in [0, 0.1) is 5.41 Å². The van der Waals surface area contributed by atoms with Crippen molar-refractivity contribution in [2.45, 2.75) is 30.5 Å². The van der Waals surface area contributed by atoms with Gasteiger partial charge in [0.1, 0.15) is 4.21 Å². The molecule has 3 nitrogen and oxygen atoms in total. The van der Waals surface area contributed by atoms with Crippen molar-refractivity contribution in [1.82, 2.24) is 4.72 Å². The maximum atomic E-state index is 12.0. The minimum Gasteiger partial charge on any atom is -0.207 e. The molecule has 0 aromatic carbocycles. The topological polar surface area (TPSA) is 46.2 Å². The van der Waals surface area contributed by atoms with E-state index in [0.29, 0.717) is 8.81 Å². The molecule has 1 aromatic heterocycles. The molecule has 1 aliphatic carbocycles. The molecule has 1 atom stereocenters. The Morgan fingerprint density at radius 3 is 2.56 bits per heavy atom. The van der Waals surface area contributed by atoms with E-state index < -0.39 is 10.0 Å².